The number of aliphatic carboxylic acids is 1. The Balaban J connectivity index is 1.94. The van der Waals surface area contributed by atoms with Gasteiger partial charge >= 0.3 is 5.97 Å². The zero-order valence-electron chi connectivity index (χ0n) is 10.3. The Morgan fingerprint density at radius 2 is 2.05 bits per heavy atom. The molecule has 1 aromatic carbocycles. The number of hydrogen-bond donors (Lipinski definition) is 1. The standard InChI is InChI=1S/C14H14ClNO3/c15-13-7-12(6-3-10(13)8-16)19-11-4-1-9(2-5-11)14(17)18/h3,6-7,9,11H,1-2,4-5H2,(H,17,18)/t9-,11-. The number of halogens is 1. The second-order valence-electron chi connectivity index (χ2n) is 4.68. The molecule has 1 aliphatic carbocycles. The SMILES string of the molecule is N#Cc1ccc(O[C@H]2CC[C@H](C(=O)O)CC2)cc1Cl. The molecule has 0 radical (unpaired) electrons. The van der Waals surface area contributed by atoms with E-state index in [0.29, 0.717) is 29.2 Å². The van der Waals surface area contributed by atoms with Crippen molar-refractivity contribution in [2.75, 3.05) is 0 Å². The molecular formula is C14H14ClNO3. The molecule has 1 fully saturated rings. The Bertz CT molecular complexity index is 516. The highest BCUT2D eigenvalue weighted by Gasteiger charge is 2.26. The number of rotatable bonds is 3. The van der Waals surface area contributed by atoms with E-state index in [0.717, 1.165) is 12.8 Å². The molecule has 0 bridgehead atoms. The molecule has 0 aliphatic heterocycles. The smallest absolute Gasteiger partial charge is 0.306 e. The summed E-state index contributed by atoms with van der Waals surface area (Å²) in [4.78, 5) is 10.8. The quantitative estimate of drug-likeness (QED) is 0.922. The first-order valence-corrected chi connectivity index (χ1v) is 6.57. The number of hydrogen-bond acceptors (Lipinski definition) is 3. The average molecular weight is 280 g/mol. The lowest BCUT2D eigenvalue weighted by atomic mass is 9.87. The normalized spacial score (nSPS) is 22.5. The van der Waals surface area contributed by atoms with Crippen LogP contribution in [-0.2, 0) is 4.79 Å². The molecule has 0 unspecified atom stereocenters. The van der Waals surface area contributed by atoms with Gasteiger partial charge in [0.1, 0.15) is 11.8 Å². The molecule has 0 atom stereocenters. The summed E-state index contributed by atoms with van der Waals surface area (Å²) in [6.45, 7) is 0. The van der Waals surface area contributed by atoms with Gasteiger partial charge in [-0.1, -0.05) is 11.6 Å². The van der Waals surface area contributed by atoms with Crippen LogP contribution in [0.2, 0.25) is 5.02 Å². The maximum atomic E-state index is 10.8. The van der Waals surface area contributed by atoms with Crippen LogP contribution in [0.3, 0.4) is 0 Å². The molecule has 5 heteroatoms. The molecule has 100 valence electrons. The summed E-state index contributed by atoms with van der Waals surface area (Å²) in [7, 11) is 0. The molecule has 2 rings (SSSR count). The molecule has 0 heterocycles. The fourth-order valence-corrected chi connectivity index (χ4v) is 2.49. The molecule has 1 N–H and O–H groups in total. The third kappa shape index (κ3) is 3.39. The molecule has 0 aromatic heterocycles. The van der Waals surface area contributed by atoms with E-state index in [4.69, 9.17) is 26.7 Å². The molecular weight excluding hydrogens is 266 g/mol. The van der Waals surface area contributed by atoms with Gasteiger partial charge in [0.15, 0.2) is 0 Å². The van der Waals surface area contributed by atoms with Gasteiger partial charge in [-0.05, 0) is 37.8 Å². The zero-order valence-corrected chi connectivity index (χ0v) is 11.1. The van der Waals surface area contributed by atoms with Crippen LogP contribution >= 0.6 is 11.6 Å². The zero-order chi connectivity index (χ0) is 13.8. The van der Waals surface area contributed by atoms with Gasteiger partial charge in [-0.2, -0.15) is 5.26 Å². The van der Waals surface area contributed by atoms with Crippen LogP contribution in [-0.4, -0.2) is 17.2 Å². The number of carbonyl (C=O) groups is 1. The van der Waals surface area contributed by atoms with E-state index in [1.54, 1.807) is 18.2 Å². The topological polar surface area (TPSA) is 70.3 Å². The third-order valence-electron chi connectivity index (χ3n) is 3.39. The van der Waals surface area contributed by atoms with E-state index in [-0.39, 0.29) is 12.0 Å². The maximum absolute atomic E-state index is 10.8. The fraction of sp³-hybridized carbons (Fsp3) is 0.429. The van der Waals surface area contributed by atoms with Gasteiger partial charge in [0, 0.05) is 6.07 Å². The highest BCUT2D eigenvalue weighted by molar-refractivity contribution is 6.31. The molecule has 0 spiro atoms. The summed E-state index contributed by atoms with van der Waals surface area (Å²) >= 11 is 5.93. The first kappa shape index (κ1) is 13.7. The molecule has 1 aromatic rings. The lowest BCUT2D eigenvalue weighted by molar-refractivity contribution is -0.143. The Morgan fingerprint density at radius 3 is 2.58 bits per heavy atom. The Hall–Kier alpha value is -1.73. The maximum Gasteiger partial charge on any atom is 0.306 e. The van der Waals surface area contributed by atoms with Gasteiger partial charge in [-0.15, -0.1) is 0 Å². The number of ether oxygens (including phenoxy) is 1. The summed E-state index contributed by atoms with van der Waals surface area (Å²) in [5.41, 5.74) is 0.420. The third-order valence-corrected chi connectivity index (χ3v) is 3.70. The highest BCUT2D eigenvalue weighted by Crippen LogP contribution is 2.29. The van der Waals surface area contributed by atoms with Gasteiger partial charge in [0.25, 0.3) is 0 Å². The molecule has 1 saturated carbocycles. The molecule has 1 aliphatic rings. The lowest BCUT2D eigenvalue weighted by Gasteiger charge is -2.26. The molecule has 19 heavy (non-hydrogen) atoms. The van der Waals surface area contributed by atoms with Gasteiger partial charge in [-0.3, -0.25) is 4.79 Å². The number of benzene rings is 1. The van der Waals surface area contributed by atoms with Gasteiger partial charge in [0.2, 0.25) is 0 Å². The molecule has 4 nitrogen and oxygen atoms in total. The monoisotopic (exact) mass is 279 g/mol. The van der Waals surface area contributed by atoms with E-state index in [1.807, 2.05) is 6.07 Å². The lowest BCUT2D eigenvalue weighted by Crippen LogP contribution is -2.27. The van der Waals surface area contributed by atoms with E-state index >= 15 is 0 Å². The van der Waals surface area contributed by atoms with Crippen LogP contribution < -0.4 is 4.74 Å². The number of carboxylic acids is 1. The van der Waals surface area contributed by atoms with Crippen molar-refractivity contribution in [1.82, 2.24) is 0 Å². The second kappa shape index (κ2) is 5.94. The van der Waals surface area contributed by atoms with E-state index < -0.39 is 5.97 Å². The van der Waals surface area contributed by atoms with Crippen molar-refractivity contribution in [2.24, 2.45) is 5.92 Å². The number of nitriles is 1. The van der Waals surface area contributed by atoms with Crippen molar-refractivity contribution in [1.29, 1.82) is 5.26 Å². The van der Waals surface area contributed by atoms with Crippen molar-refractivity contribution in [3.8, 4) is 11.8 Å². The second-order valence-corrected chi connectivity index (χ2v) is 5.09. The van der Waals surface area contributed by atoms with Crippen LogP contribution in [0.15, 0.2) is 18.2 Å². The van der Waals surface area contributed by atoms with E-state index in [2.05, 4.69) is 0 Å². The minimum Gasteiger partial charge on any atom is -0.490 e. The fourth-order valence-electron chi connectivity index (χ4n) is 2.28. The molecule has 0 amide bonds. The van der Waals surface area contributed by atoms with E-state index in [1.165, 1.54) is 0 Å². The van der Waals surface area contributed by atoms with Crippen LogP contribution in [0.4, 0.5) is 0 Å². The van der Waals surface area contributed by atoms with Gasteiger partial charge < -0.3 is 9.84 Å². The first-order chi connectivity index (χ1) is 9.10. The predicted octanol–water partition coefficient (Wildman–Crippen LogP) is 3.23. The summed E-state index contributed by atoms with van der Waals surface area (Å²) < 4.78 is 5.78. The predicted molar refractivity (Wildman–Crippen MR) is 70.2 cm³/mol. The minimum atomic E-state index is -0.722. The summed E-state index contributed by atoms with van der Waals surface area (Å²) in [6, 6.07) is 6.96. The van der Waals surface area contributed by atoms with Gasteiger partial charge in [-0.25, -0.2) is 0 Å². The Kier molecular flexibility index (Phi) is 4.28. The summed E-state index contributed by atoms with van der Waals surface area (Å²) in [5, 5.41) is 18.1. The van der Waals surface area contributed by atoms with Crippen LogP contribution in [0, 0.1) is 17.2 Å². The average Bonchev–Trinajstić information content (AvgIpc) is 2.39. The summed E-state index contributed by atoms with van der Waals surface area (Å²) in [5.74, 6) is -0.341. The summed E-state index contributed by atoms with van der Waals surface area (Å²) in [6.07, 6.45) is 2.77. The Morgan fingerprint density at radius 1 is 1.37 bits per heavy atom. The largest absolute Gasteiger partial charge is 0.490 e. The van der Waals surface area contributed by atoms with Crippen LogP contribution in [0.25, 0.3) is 0 Å². The number of carboxylic acid groups (broad SMARTS) is 1. The highest BCUT2D eigenvalue weighted by atomic mass is 35.5. The van der Waals surface area contributed by atoms with Crippen molar-refractivity contribution in [2.45, 2.75) is 31.8 Å². The first-order valence-electron chi connectivity index (χ1n) is 6.19. The van der Waals surface area contributed by atoms with Crippen LogP contribution in [0.1, 0.15) is 31.2 Å². The van der Waals surface area contributed by atoms with Crippen LogP contribution in [0.5, 0.6) is 5.75 Å². The van der Waals surface area contributed by atoms with Gasteiger partial charge in [0.05, 0.1) is 22.6 Å². The minimum absolute atomic E-state index is 0.0274. The Labute approximate surface area is 116 Å². The van der Waals surface area contributed by atoms with E-state index in [9.17, 15) is 4.79 Å². The van der Waals surface area contributed by atoms with Crippen molar-refractivity contribution >= 4 is 17.6 Å². The van der Waals surface area contributed by atoms with Crippen molar-refractivity contribution in [3.05, 3.63) is 28.8 Å². The van der Waals surface area contributed by atoms with Crippen molar-refractivity contribution < 1.29 is 14.6 Å². The van der Waals surface area contributed by atoms with Crippen molar-refractivity contribution in [3.63, 3.8) is 0 Å². The number of nitrogens with zero attached hydrogens (tertiary/aromatic N) is 1. The molecule has 0 saturated heterocycles.